The van der Waals surface area contributed by atoms with Crippen molar-refractivity contribution in [1.82, 2.24) is 9.55 Å². The molecule has 120 valence electrons. The van der Waals surface area contributed by atoms with Gasteiger partial charge in [0.2, 0.25) is 0 Å². The molecule has 0 aliphatic rings. The van der Waals surface area contributed by atoms with Crippen molar-refractivity contribution in [1.29, 1.82) is 0 Å². The van der Waals surface area contributed by atoms with Crippen molar-refractivity contribution >= 4 is 44.7 Å². The Hall–Kier alpha value is -1.37. The van der Waals surface area contributed by atoms with Crippen LogP contribution < -0.4 is 5.56 Å². The minimum absolute atomic E-state index is 0.0332. The van der Waals surface area contributed by atoms with Crippen LogP contribution in [0.3, 0.4) is 0 Å². The molecule has 0 saturated heterocycles. The Morgan fingerprint density at radius 1 is 1.43 bits per heavy atom. The molecule has 0 saturated carbocycles. The molecule has 0 unspecified atom stereocenters. The fourth-order valence-corrected chi connectivity index (χ4v) is 5.02. The van der Waals surface area contributed by atoms with E-state index in [4.69, 9.17) is 4.98 Å². The molecule has 6 heteroatoms. The second-order valence-electron chi connectivity index (χ2n) is 5.61. The van der Waals surface area contributed by atoms with Gasteiger partial charge in [0, 0.05) is 28.1 Å². The number of thiophene rings is 2. The van der Waals surface area contributed by atoms with Crippen LogP contribution in [0.5, 0.6) is 0 Å². The first kappa shape index (κ1) is 16.5. The fraction of sp³-hybridized carbons (Fsp3) is 0.294. The number of allylic oxidation sites excluding steroid dienone is 1. The summed E-state index contributed by atoms with van der Waals surface area (Å²) in [5, 5.41) is 5.59. The molecule has 3 aromatic heterocycles. The maximum atomic E-state index is 13.0. The van der Waals surface area contributed by atoms with Crippen LogP contribution in [0.1, 0.15) is 13.8 Å². The van der Waals surface area contributed by atoms with E-state index in [0.717, 1.165) is 31.6 Å². The van der Waals surface area contributed by atoms with Gasteiger partial charge in [0.1, 0.15) is 4.83 Å². The van der Waals surface area contributed by atoms with Crippen LogP contribution in [0.25, 0.3) is 20.7 Å². The lowest BCUT2D eigenvalue weighted by molar-refractivity contribution is 0.668. The molecule has 0 amide bonds. The summed E-state index contributed by atoms with van der Waals surface area (Å²) < 4.78 is 1.74. The molecule has 0 aliphatic carbocycles. The van der Waals surface area contributed by atoms with E-state index in [9.17, 15) is 4.79 Å². The average Bonchev–Trinajstić information content (AvgIpc) is 3.16. The van der Waals surface area contributed by atoms with E-state index in [1.54, 1.807) is 45.1 Å². The monoisotopic (exact) mass is 362 g/mol. The largest absolute Gasteiger partial charge is 0.283 e. The Balaban J connectivity index is 2.18. The van der Waals surface area contributed by atoms with Crippen molar-refractivity contribution < 1.29 is 0 Å². The first-order valence-corrected chi connectivity index (χ1v) is 10.2. The zero-order valence-electron chi connectivity index (χ0n) is 13.1. The molecule has 0 aliphatic heterocycles. The molecule has 0 fully saturated rings. The van der Waals surface area contributed by atoms with Crippen LogP contribution in [-0.4, -0.2) is 15.3 Å². The number of thioether (sulfide) groups is 1. The fourth-order valence-electron chi connectivity index (χ4n) is 2.26. The van der Waals surface area contributed by atoms with Gasteiger partial charge in [0.25, 0.3) is 5.56 Å². The summed E-state index contributed by atoms with van der Waals surface area (Å²) in [5.41, 5.74) is 1.03. The molecule has 3 nitrogen and oxygen atoms in total. The minimum Gasteiger partial charge on any atom is -0.283 e. The normalized spacial score (nSPS) is 11.4. The lowest BCUT2D eigenvalue weighted by Crippen LogP contribution is -2.22. The predicted octanol–water partition coefficient (Wildman–Crippen LogP) is 5.12. The van der Waals surface area contributed by atoms with Crippen LogP contribution in [0, 0.1) is 5.92 Å². The van der Waals surface area contributed by atoms with Crippen molar-refractivity contribution in [2.45, 2.75) is 25.5 Å². The molecule has 0 atom stereocenters. The van der Waals surface area contributed by atoms with Crippen molar-refractivity contribution in [3.63, 3.8) is 0 Å². The van der Waals surface area contributed by atoms with E-state index in [-0.39, 0.29) is 5.56 Å². The van der Waals surface area contributed by atoms with Gasteiger partial charge in [-0.15, -0.1) is 29.3 Å². The molecular weight excluding hydrogens is 344 g/mol. The van der Waals surface area contributed by atoms with Gasteiger partial charge < -0.3 is 0 Å². The molecule has 3 aromatic rings. The summed E-state index contributed by atoms with van der Waals surface area (Å²) in [6.07, 6.45) is 1.76. The van der Waals surface area contributed by atoms with Crippen LogP contribution in [0.4, 0.5) is 0 Å². The highest BCUT2D eigenvalue weighted by atomic mass is 32.2. The number of hydrogen-bond acceptors (Lipinski definition) is 5. The van der Waals surface area contributed by atoms with E-state index in [0.29, 0.717) is 12.5 Å². The third-order valence-corrected chi connectivity index (χ3v) is 6.48. The molecular formula is C17H18N2OS3. The zero-order chi connectivity index (χ0) is 16.4. The summed E-state index contributed by atoms with van der Waals surface area (Å²) in [6.45, 7) is 8.61. The minimum atomic E-state index is 0.0332. The summed E-state index contributed by atoms with van der Waals surface area (Å²) in [4.78, 5) is 19.7. The Bertz CT molecular complexity index is 875. The molecule has 0 N–H and O–H groups in total. The maximum Gasteiger partial charge on any atom is 0.263 e. The Morgan fingerprint density at radius 2 is 2.26 bits per heavy atom. The summed E-state index contributed by atoms with van der Waals surface area (Å²) in [7, 11) is 0. The van der Waals surface area contributed by atoms with Gasteiger partial charge in [0.05, 0.1) is 5.39 Å². The Kier molecular flexibility index (Phi) is 5.04. The second-order valence-corrected chi connectivity index (χ2v) is 8.40. The van der Waals surface area contributed by atoms with Gasteiger partial charge in [-0.3, -0.25) is 9.36 Å². The van der Waals surface area contributed by atoms with Crippen molar-refractivity contribution in [3.8, 4) is 10.4 Å². The number of rotatable bonds is 6. The Morgan fingerprint density at radius 3 is 2.91 bits per heavy atom. The average molecular weight is 363 g/mol. The van der Waals surface area contributed by atoms with Crippen molar-refractivity contribution in [2.75, 3.05) is 5.75 Å². The first-order chi connectivity index (χ1) is 11.1. The van der Waals surface area contributed by atoms with Gasteiger partial charge >= 0.3 is 0 Å². The lowest BCUT2D eigenvalue weighted by Gasteiger charge is -2.11. The molecule has 0 spiro atoms. The smallest absolute Gasteiger partial charge is 0.263 e. The van der Waals surface area contributed by atoms with Crippen LogP contribution >= 0.6 is 34.4 Å². The molecule has 3 rings (SSSR count). The standard InChI is InChI=1S/C17H18N2OS3/c1-4-7-19-16(20)14-12(13-6-5-8-21-13)10-22-15(14)18-17(19)23-9-11(2)3/h4-6,8,10-11H,1,7,9H2,2-3H3. The first-order valence-electron chi connectivity index (χ1n) is 7.41. The highest BCUT2D eigenvalue weighted by molar-refractivity contribution is 7.99. The van der Waals surface area contributed by atoms with E-state index < -0.39 is 0 Å². The third-order valence-electron chi connectivity index (χ3n) is 3.30. The number of aromatic nitrogens is 2. The van der Waals surface area contributed by atoms with E-state index in [2.05, 4.69) is 20.4 Å². The molecule has 23 heavy (non-hydrogen) atoms. The van der Waals surface area contributed by atoms with Crippen molar-refractivity contribution in [2.24, 2.45) is 5.92 Å². The van der Waals surface area contributed by atoms with Gasteiger partial charge in [-0.05, 0) is 17.4 Å². The second kappa shape index (κ2) is 7.03. The van der Waals surface area contributed by atoms with E-state index in [1.165, 1.54) is 0 Å². The predicted molar refractivity (Wildman–Crippen MR) is 103 cm³/mol. The molecule has 0 aromatic carbocycles. The highest BCUT2D eigenvalue weighted by Crippen LogP contribution is 2.34. The lowest BCUT2D eigenvalue weighted by atomic mass is 10.2. The van der Waals surface area contributed by atoms with Crippen molar-refractivity contribution in [3.05, 3.63) is 45.9 Å². The van der Waals surface area contributed by atoms with Crippen LogP contribution in [-0.2, 0) is 6.54 Å². The molecule has 0 bridgehead atoms. The SMILES string of the molecule is C=CCn1c(SCC(C)C)nc2scc(-c3cccs3)c2c1=O. The third kappa shape index (κ3) is 3.29. The Labute approximate surface area is 147 Å². The number of fused-ring (bicyclic) bond motifs is 1. The van der Waals surface area contributed by atoms with Gasteiger partial charge in [0.15, 0.2) is 5.16 Å². The van der Waals surface area contributed by atoms with Crippen LogP contribution in [0.2, 0.25) is 0 Å². The van der Waals surface area contributed by atoms with Crippen LogP contribution in [0.15, 0.2) is 45.5 Å². The van der Waals surface area contributed by atoms with Gasteiger partial charge in [-0.2, -0.15) is 0 Å². The summed E-state index contributed by atoms with van der Waals surface area (Å²) >= 11 is 4.84. The topological polar surface area (TPSA) is 34.9 Å². The number of hydrogen-bond donors (Lipinski definition) is 0. The quantitative estimate of drug-likeness (QED) is 0.347. The van der Waals surface area contributed by atoms with Gasteiger partial charge in [-0.1, -0.05) is 37.8 Å². The molecule has 0 radical (unpaired) electrons. The highest BCUT2D eigenvalue weighted by Gasteiger charge is 2.17. The maximum absolute atomic E-state index is 13.0. The molecule has 3 heterocycles. The zero-order valence-corrected chi connectivity index (χ0v) is 15.6. The summed E-state index contributed by atoms with van der Waals surface area (Å²) in [5.74, 6) is 1.49. The van der Waals surface area contributed by atoms with E-state index in [1.807, 2.05) is 22.9 Å². The van der Waals surface area contributed by atoms with E-state index >= 15 is 0 Å². The van der Waals surface area contributed by atoms with Gasteiger partial charge in [-0.25, -0.2) is 4.98 Å². The number of nitrogens with zero attached hydrogens (tertiary/aromatic N) is 2. The summed E-state index contributed by atoms with van der Waals surface area (Å²) in [6, 6.07) is 4.05.